The van der Waals surface area contributed by atoms with Crippen LogP contribution < -0.4 is 4.74 Å². The van der Waals surface area contributed by atoms with Crippen LogP contribution in [0.4, 0.5) is 5.69 Å². The van der Waals surface area contributed by atoms with E-state index in [9.17, 15) is 4.79 Å². The Balaban J connectivity index is 1.75. The number of Topliss-reactive ketones (excluding diaryl/α,β-unsaturated/α-hetero) is 1. The quantitative estimate of drug-likeness (QED) is 0.268. The highest BCUT2D eigenvalue weighted by molar-refractivity contribution is 5.94. The van der Waals surface area contributed by atoms with E-state index in [0.29, 0.717) is 5.56 Å². The Bertz CT molecular complexity index is 687. The molecule has 0 aromatic heterocycles. The van der Waals surface area contributed by atoms with E-state index in [4.69, 9.17) is 4.74 Å². The molecule has 138 valence electrons. The fraction of sp³-hybridized carbons (Fsp3) is 0.391. The van der Waals surface area contributed by atoms with Crippen molar-refractivity contribution in [2.75, 3.05) is 6.61 Å². The first-order valence-corrected chi connectivity index (χ1v) is 9.57. The average Bonchev–Trinajstić information content (AvgIpc) is 2.67. The summed E-state index contributed by atoms with van der Waals surface area (Å²) in [5.74, 6) is 0.971. The molecule has 0 unspecified atom stereocenters. The van der Waals surface area contributed by atoms with Gasteiger partial charge in [-0.05, 0) is 67.4 Å². The van der Waals surface area contributed by atoms with E-state index in [2.05, 4.69) is 11.9 Å². The molecule has 2 aromatic rings. The number of carbonyl (C=O) groups is 1. The number of unbranched alkanes of at least 4 members (excludes halogenated alkanes) is 5. The number of ether oxygens (including phenoxy) is 1. The molecular weight excluding hydrogens is 322 g/mol. The molecule has 0 heterocycles. The van der Waals surface area contributed by atoms with E-state index in [-0.39, 0.29) is 5.78 Å². The zero-order chi connectivity index (χ0) is 18.6. The Morgan fingerprint density at radius 3 is 2.23 bits per heavy atom. The van der Waals surface area contributed by atoms with Crippen molar-refractivity contribution in [3.05, 3.63) is 59.7 Å². The van der Waals surface area contributed by atoms with Crippen LogP contribution in [0.5, 0.6) is 5.75 Å². The van der Waals surface area contributed by atoms with E-state index in [1.165, 1.54) is 32.1 Å². The van der Waals surface area contributed by atoms with Crippen LogP contribution in [0.15, 0.2) is 53.5 Å². The summed E-state index contributed by atoms with van der Waals surface area (Å²) >= 11 is 0. The summed E-state index contributed by atoms with van der Waals surface area (Å²) in [6.07, 6.45) is 9.44. The lowest BCUT2D eigenvalue weighted by atomic mass is 10.1. The van der Waals surface area contributed by atoms with E-state index < -0.39 is 0 Å². The molecule has 2 aromatic carbocycles. The standard InChI is InChI=1S/C23H29NO2/c1-3-4-5-6-7-8-17-26-23-15-9-20(10-16-23)18-24-22-13-11-21(12-14-22)19(2)25/h9-16,18H,3-8,17H2,1-2H3. The lowest BCUT2D eigenvalue weighted by molar-refractivity contribution is 0.101. The summed E-state index contributed by atoms with van der Waals surface area (Å²) in [6, 6.07) is 15.3. The Kier molecular flexibility index (Phi) is 8.61. The molecule has 0 N–H and O–H groups in total. The van der Waals surface area contributed by atoms with Crippen LogP contribution >= 0.6 is 0 Å². The zero-order valence-electron chi connectivity index (χ0n) is 15.9. The van der Waals surface area contributed by atoms with E-state index in [1.54, 1.807) is 19.1 Å². The van der Waals surface area contributed by atoms with Crippen molar-refractivity contribution >= 4 is 17.7 Å². The number of rotatable bonds is 11. The van der Waals surface area contributed by atoms with Gasteiger partial charge < -0.3 is 4.74 Å². The van der Waals surface area contributed by atoms with Gasteiger partial charge in [0, 0.05) is 11.8 Å². The number of hydrogen-bond donors (Lipinski definition) is 0. The second-order valence-corrected chi connectivity index (χ2v) is 6.55. The third-order valence-corrected chi connectivity index (χ3v) is 4.28. The molecule has 0 bridgehead atoms. The van der Waals surface area contributed by atoms with Crippen molar-refractivity contribution in [1.29, 1.82) is 0 Å². The second kappa shape index (κ2) is 11.2. The molecule has 0 radical (unpaired) electrons. The highest BCUT2D eigenvalue weighted by atomic mass is 16.5. The summed E-state index contributed by atoms with van der Waals surface area (Å²) in [4.78, 5) is 15.7. The topological polar surface area (TPSA) is 38.7 Å². The molecule has 0 aliphatic rings. The minimum atomic E-state index is 0.0667. The summed E-state index contributed by atoms with van der Waals surface area (Å²) in [5.41, 5.74) is 2.56. The van der Waals surface area contributed by atoms with Crippen LogP contribution in [0, 0.1) is 0 Å². The van der Waals surface area contributed by atoms with Crippen LogP contribution in [-0.2, 0) is 0 Å². The van der Waals surface area contributed by atoms with Crippen molar-refractivity contribution in [1.82, 2.24) is 0 Å². The van der Waals surface area contributed by atoms with Gasteiger partial charge >= 0.3 is 0 Å². The summed E-state index contributed by atoms with van der Waals surface area (Å²) in [7, 11) is 0. The van der Waals surface area contributed by atoms with Gasteiger partial charge in [-0.2, -0.15) is 0 Å². The predicted octanol–water partition coefficient (Wildman–Crippen LogP) is 6.38. The van der Waals surface area contributed by atoms with Gasteiger partial charge in [0.1, 0.15) is 5.75 Å². The van der Waals surface area contributed by atoms with Crippen LogP contribution in [0.3, 0.4) is 0 Å². The third kappa shape index (κ3) is 7.22. The number of nitrogens with zero attached hydrogens (tertiary/aromatic N) is 1. The van der Waals surface area contributed by atoms with Gasteiger partial charge in [-0.3, -0.25) is 9.79 Å². The molecule has 26 heavy (non-hydrogen) atoms. The minimum absolute atomic E-state index is 0.0667. The van der Waals surface area contributed by atoms with E-state index in [1.807, 2.05) is 42.6 Å². The molecule has 2 rings (SSSR count). The number of benzene rings is 2. The first-order chi connectivity index (χ1) is 12.7. The molecule has 0 saturated heterocycles. The minimum Gasteiger partial charge on any atom is -0.494 e. The summed E-state index contributed by atoms with van der Waals surface area (Å²) in [5, 5.41) is 0. The largest absolute Gasteiger partial charge is 0.494 e. The number of carbonyl (C=O) groups excluding carboxylic acids is 1. The maximum atomic E-state index is 11.3. The fourth-order valence-electron chi connectivity index (χ4n) is 2.65. The van der Waals surface area contributed by atoms with Gasteiger partial charge in [0.05, 0.1) is 12.3 Å². The monoisotopic (exact) mass is 351 g/mol. The SMILES string of the molecule is CCCCCCCCOc1ccc(C=Nc2ccc(C(C)=O)cc2)cc1. The highest BCUT2D eigenvalue weighted by Gasteiger charge is 1.98. The molecular formula is C23H29NO2. The number of ketones is 1. The molecule has 0 aliphatic carbocycles. The van der Waals surface area contributed by atoms with Crippen LogP contribution in [-0.4, -0.2) is 18.6 Å². The lowest BCUT2D eigenvalue weighted by Crippen LogP contribution is -1.97. The van der Waals surface area contributed by atoms with Crippen LogP contribution in [0.2, 0.25) is 0 Å². The molecule has 0 aliphatic heterocycles. The molecule has 0 spiro atoms. The fourth-order valence-corrected chi connectivity index (χ4v) is 2.65. The molecule has 0 amide bonds. The number of hydrogen-bond acceptors (Lipinski definition) is 3. The van der Waals surface area contributed by atoms with Crippen molar-refractivity contribution in [2.45, 2.75) is 52.4 Å². The van der Waals surface area contributed by atoms with Crippen molar-refractivity contribution < 1.29 is 9.53 Å². The average molecular weight is 351 g/mol. The second-order valence-electron chi connectivity index (χ2n) is 6.55. The van der Waals surface area contributed by atoms with Gasteiger partial charge in [0.15, 0.2) is 5.78 Å². The Labute approximate surface area is 157 Å². The lowest BCUT2D eigenvalue weighted by Gasteiger charge is -2.06. The maximum absolute atomic E-state index is 11.3. The first-order valence-electron chi connectivity index (χ1n) is 9.57. The van der Waals surface area contributed by atoms with Crippen molar-refractivity contribution in [3.8, 4) is 5.75 Å². The Morgan fingerprint density at radius 1 is 0.923 bits per heavy atom. The molecule has 0 saturated carbocycles. The molecule has 3 heteroatoms. The van der Waals surface area contributed by atoms with Gasteiger partial charge in [-0.1, -0.05) is 39.0 Å². The number of aliphatic imine (C=N–C) groups is 1. The van der Waals surface area contributed by atoms with E-state index in [0.717, 1.165) is 30.0 Å². The molecule has 0 fully saturated rings. The van der Waals surface area contributed by atoms with Crippen molar-refractivity contribution in [2.24, 2.45) is 4.99 Å². The van der Waals surface area contributed by atoms with Crippen LogP contribution in [0.25, 0.3) is 0 Å². The van der Waals surface area contributed by atoms with Gasteiger partial charge in [-0.25, -0.2) is 0 Å². The molecule has 3 nitrogen and oxygen atoms in total. The predicted molar refractivity (Wildman–Crippen MR) is 109 cm³/mol. The zero-order valence-corrected chi connectivity index (χ0v) is 15.9. The van der Waals surface area contributed by atoms with Gasteiger partial charge in [0.25, 0.3) is 0 Å². The first kappa shape index (κ1) is 19.9. The van der Waals surface area contributed by atoms with Gasteiger partial charge in [-0.15, -0.1) is 0 Å². The maximum Gasteiger partial charge on any atom is 0.159 e. The highest BCUT2D eigenvalue weighted by Crippen LogP contribution is 2.15. The Morgan fingerprint density at radius 2 is 1.58 bits per heavy atom. The molecule has 0 atom stereocenters. The summed E-state index contributed by atoms with van der Waals surface area (Å²) < 4.78 is 5.79. The van der Waals surface area contributed by atoms with E-state index >= 15 is 0 Å². The van der Waals surface area contributed by atoms with Crippen LogP contribution in [0.1, 0.15) is 68.3 Å². The van der Waals surface area contributed by atoms with Crippen molar-refractivity contribution in [3.63, 3.8) is 0 Å². The van der Waals surface area contributed by atoms with Gasteiger partial charge in [0.2, 0.25) is 0 Å². The normalized spacial score (nSPS) is 11.0. The third-order valence-electron chi connectivity index (χ3n) is 4.28. The Hall–Kier alpha value is -2.42. The summed E-state index contributed by atoms with van der Waals surface area (Å²) in [6.45, 7) is 4.58. The smallest absolute Gasteiger partial charge is 0.159 e.